The van der Waals surface area contributed by atoms with Gasteiger partial charge in [0.2, 0.25) is 5.76 Å². The Morgan fingerprint density at radius 1 is 1.04 bits per heavy atom. The normalized spacial score (nSPS) is 11.0. The van der Waals surface area contributed by atoms with Crippen LogP contribution in [0.5, 0.6) is 0 Å². The molecule has 0 bridgehead atoms. The van der Waals surface area contributed by atoms with E-state index in [-0.39, 0.29) is 12.4 Å². The van der Waals surface area contributed by atoms with Crippen LogP contribution in [0.25, 0.3) is 21.7 Å². The molecule has 4 rings (SSSR count). The number of nitrogens with zero attached hydrogens (tertiary/aromatic N) is 1. The van der Waals surface area contributed by atoms with Gasteiger partial charge in [0.25, 0.3) is 0 Å². The van der Waals surface area contributed by atoms with Crippen LogP contribution in [0.1, 0.15) is 21.8 Å². The van der Waals surface area contributed by atoms with Crippen molar-refractivity contribution in [3.05, 3.63) is 77.8 Å². The van der Waals surface area contributed by atoms with Crippen molar-refractivity contribution >= 4 is 27.7 Å². The number of carbonyl (C=O) groups is 1. The highest BCUT2D eigenvalue weighted by Crippen LogP contribution is 2.32. The molecule has 118 valence electrons. The number of rotatable bonds is 3. The van der Waals surface area contributed by atoms with E-state index in [0.717, 1.165) is 27.3 Å². The third-order valence-corrected chi connectivity index (χ3v) is 4.09. The van der Waals surface area contributed by atoms with Gasteiger partial charge < -0.3 is 9.15 Å². The monoisotopic (exact) mass is 317 g/mol. The van der Waals surface area contributed by atoms with E-state index in [0.29, 0.717) is 5.69 Å². The lowest BCUT2D eigenvalue weighted by atomic mass is 10.1. The minimum absolute atomic E-state index is 0.122. The van der Waals surface area contributed by atoms with Crippen molar-refractivity contribution in [2.75, 3.05) is 0 Å². The number of benzene rings is 2. The third-order valence-electron chi connectivity index (χ3n) is 4.09. The van der Waals surface area contributed by atoms with E-state index < -0.39 is 5.97 Å². The molecule has 2 aromatic carbocycles. The van der Waals surface area contributed by atoms with Gasteiger partial charge in [-0.3, -0.25) is 4.98 Å². The van der Waals surface area contributed by atoms with Crippen molar-refractivity contribution in [1.29, 1.82) is 0 Å². The summed E-state index contributed by atoms with van der Waals surface area (Å²) in [4.78, 5) is 16.5. The molecule has 24 heavy (non-hydrogen) atoms. The van der Waals surface area contributed by atoms with E-state index >= 15 is 0 Å². The highest BCUT2D eigenvalue weighted by Gasteiger charge is 2.20. The van der Waals surface area contributed by atoms with Crippen LogP contribution >= 0.6 is 0 Å². The Balaban J connectivity index is 1.70. The van der Waals surface area contributed by atoms with E-state index in [2.05, 4.69) is 4.98 Å². The second-order valence-corrected chi connectivity index (χ2v) is 5.62. The Hall–Kier alpha value is -3.14. The molecule has 0 fully saturated rings. The van der Waals surface area contributed by atoms with Gasteiger partial charge in [-0.2, -0.15) is 0 Å². The van der Waals surface area contributed by atoms with Crippen LogP contribution in [-0.2, 0) is 11.3 Å². The van der Waals surface area contributed by atoms with Crippen molar-refractivity contribution in [2.45, 2.75) is 13.5 Å². The highest BCUT2D eigenvalue weighted by molar-refractivity contribution is 6.08. The molecule has 0 spiro atoms. The number of esters is 1. The van der Waals surface area contributed by atoms with E-state index in [1.165, 1.54) is 0 Å². The average molecular weight is 317 g/mol. The molecule has 0 N–H and O–H groups in total. The summed E-state index contributed by atoms with van der Waals surface area (Å²) in [6, 6.07) is 17.4. The average Bonchev–Trinajstić information content (AvgIpc) is 2.98. The lowest BCUT2D eigenvalue weighted by Crippen LogP contribution is -2.06. The number of hydrogen-bond acceptors (Lipinski definition) is 4. The molecule has 0 unspecified atom stereocenters. The van der Waals surface area contributed by atoms with Gasteiger partial charge >= 0.3 is 5.97 Å². The first-order chi connectivity index (χ1) is 11.7. The van der Waals surface area contributed by atoms with Gasteiger partial charge in [-0.25, -0.2) is 4.79 Å². The summed E-state index contributed by atoms with van der Waals surface area (Å²) in [5, 5.41) is 2.99. The minimum atomic E-state index is -0.474. The van der Waals surface area contributed by atoms with Crippen LogP contribution in [0.2, 0.25) is 0 Å². The fourth-order valence-corrected chi connectivity index (χ4v) is 2.83. The molecule has 0 aliphatic carbocycles. The molecule has 2 aromatic heterocycles. The van der Waals surface area contributed by atoms with E-state index in [1.54, 1.807) is 6.20 Å². The van der Waals surface area contributed by atoms with Gasteiger partial charge in [0.05, 0.1) is 5.69 Å². The summed E-state index contributed by atoms with van der Waals surface area (Å²) in [5.41, 5.74) is 2.21. The van der Waals surface area contributed by atoms with E-state index in [4.69, 9.17) is 9.15 Å². The maximum Gasteiger partial charge on any atom is 0.374 e. The molecule has 2 heterocycles. The Morgan fingerprint density at radius 3 is 2.71 bits per heavy atom. The van der Waals surface area contributed by atoms with E-state index in [9.17, 15) is 4.79 Å². The van der Waals surface area contributed by atoms with Crippen molar-refractivity contribution in [2.24, 2.45) is 0 Å². The van der Waals surface area contributed by atoms with Crippen LogP contribution in [0.4, 0.5) is 0 Å². The molecular weight excluding hydrogens is 302 g/mol. The molecule has 0 amide bonds. The van der Waals surface area contributed by atoms with Crippen molar-refractivity contribution in [3.8, 4) is 0 Å². The number of aryl methyl sites for hydroxylation is 1. The maximum atomic E-state index is 12.4. The molecule has 0 aliphatic rings. The summed E-state index contributed by atoms with van der Waals surface area (Å²) >= 11 is 0. The van der Waals surface area contributed by atoms with E-state index in [1.807, 2.05) is 61.5 Å². The predicted molar refractivity (Wildman–Crippen MR) is 91.8 cm³/mol. The predicted octanol–water partition coefficient (Wildman–Crippen LogP) is 4.65. The summed E-state index contributed by atoms with van der Waals surface area (Å²) in [5.74, 6) is -0.226. The molecule has 4 nitrogen and oxygen atoms in total. The summed E-state index contributed by atoms with van der Waals surface area (Å²) in [7, 11) is 0. The van der Waals surface area contributed by atoms with Crippen LogP contribution in [0.3, 0.4) is 0 Å². The Labute approximate surface area is 138 Å². The zero-order valence-electron chi connectivity index (χ0n) is 13.2. The second-order valence-electron chi connectivity index (χ2n) is 5.62. The molecule has 0 saturated heterocycles. The number of hydrogen-bond donors (Lipinski definition) is 0. The summed E-state index contributed by atoms with van der Waals surface area (Å²) in [6.07, 6.45) is 1.67. The zero-order valence-corrected chi connectivity index (χ0v) is 13.2. The number of furan rings is 1. The fraction of sp³-hybridized carbons (Fsp3) is 0.100. The smallest absolute Gasteiger partial charge is 0.374 e. The second kappa shape index (κ2) is 5.81. The van der Waals surface area contributed by atoms with Crippen LogP contribution in [-0.4, -0.2) is 11.0 Å². The zero-order chi connectivity index (χ0) is 16.5. The third kappa shape index (κ3) is 2.42. The number of ether oxygens (including phenoxy) is 1. The van der Waals surface area contributed by atoms with Gasteiger partial charge in [0.15, 0.2) is 0 Å². The van der Waals surface area contributed by atoms with Crippen molar-refractivity contribution < 1.29 is 13.9 Å². The summed E-state index contributed by atoms with van der Waals surface area (Å²) < 4.78 is 11.2. The van der Waals surface area contributed by atoms with Gasteiger partial charge in [-0.1, -0.05) is 42.5 Å². The summed E-state index contributed by atoms with van der Waals surface area (Å²) in [6.45, 7) is 1.99. The van der Waals surface area contributed by atoms with Gasteiger partial charge in [-0.05, 0) is 24.4 Å². The van der Waals surface area contributed by atoms with Crippen LogP contribution in [0.15, 0.2) is 65.2 Å². The first kappa shape index (κ1) is 14.5. The first-order valence-corrected chi connectivity index (χ1v) is 7.72. The van der Waals surface area contributed by atoms with Crippen LogP contribution < -0.4 is 0 Å². The first-order valence-electron chi connectivity index (χ1n) is 7.72. The van der Waals surface area contributed by atoms with Gasteiger partial charge in [-0.15, -0.1) is 0 Å². The quantitative estimate of drug-likeness (QED) is 0.516. The number of carbonyl (C=O) groups excluding carboxylic acids is 1. The fourth-order valence-electron chi connectivity index (χ4n) is 2.83. The van der Waals surface area contributed by atoms with Crippen molar-refractivity contribution in [1.82, 2.24) is 4.98 Å². The van der Waals surface area contributed by atoms with Crippen molar-refractivity contribution in [3.63, 3.8) is 0 Å². The largest absolute Gasteiger partial charge is 0.453 e. The number of aromatic nitrogens is 1. The molecule has 0 radical (unpaired) electrons. The molecule has 0 aliphatic heterocycles. The minimum Gasteiger partial charge on any atom is -0.453 e. The maximum absolute atomic E-state index is 12.4. The lowest BCUT2D eigenvalue weighted by Gasteiger charge is -2.02. The molecule has 0 saturated carbocycles. The highest BCUT2D eigenvalue weighted by atomic mass is 16.5. The van der Waals surface area contributed by atoms with Gasteiger partial charge in [0.1, 0.15) is 12.2 Å². The Morgan fingerprint density at radius 2 is 1.88 bits per heavy atom. The SMILES string of the molecule is Cc1c(C(=O)OCc2ccccn2)oc2c1ccc1ccccc12. The molecule has 0 atom stereocenters. The topological polar surface area (TPSA) is 52.3 Å². The lowest BCUT2D eigenvalue weighted by molar-refractivity contribution is 0.0433. The molecular formula is C20H15NO3. The Kier molecular flexibility index (Phi) is 3.50. The van der Waals surface area contributed by atoms with Crippen LogP contribution in [0, 0.1) is 6.92 Å². The number of pyridine rings is 1. The standard InChI is InChI=1S/C20H15NO3/c1-13-16-10-9-14-6-2-3-8-17(14)19(16)24-18(13)20(22)23-12-15-7-4-5-11-21-15/h2-11H,12H2,1H3. The Bertz CT molecular complexity index is 1030. The number of fused-ring (bicyclic) bond motifs is 3. The molecule has 4 aromatic rings. The van der Waals surface area contributed by atoms with Gasteiger partial charge in [0, 0.05) is 22.5 Å². The molecule has 4 heteroatoms.